The first-order valence-corrected chi connectivity index (χ1v) is 27.7. The lowest BCUT2D eigenvalue weighted by atomic mass is 9.99. The fourth-order valence-corrected chi connectivity index (χ4v) is 8.42. The molecule has 7 atom stereocenters. The van der Waals surface area contributed by atoms with E-state index in [1.54, 1.807) is 6.08 Å². The quantitative estimate of drug-likeness (QED) is 0.0261. The summed E-state index contributed by atoms with van der Waals surface area (Å²) in [6.45, 7) is 3.67. The van der Waals surface area contributed by atoms with Crippen LogP contribution >= 0.6 is 0 Å². The number of ether oxygens (including phenoxy) is 2. The maximum atomic E-state index is 13.0. The molecule has 388 valence electrons. The molecule has 9 nitrogen and oxygen atoms in total. The van der Waals surface area contributed by atoms with Gasteiger partial charge in [-0.25, -0.2) is 0 Å². The van der Waals surface area contributed by atoms with E-state index in [-0.39, 0.29) is 12.5 Å². The number of allylic oxidation sites excluding steroid dienone is 11. The summed E-state index contributed by atoms with van der Waals surface area (Å²) in [6, 6.07) is -0.810. The van der Waals surface area contributed by atoms with Gasteiger partial charge in [-0.05, 0) is 64.2 Å². The second-order valence-electron chi connectivity index (χ2n) is 19.0. The van der Waals surface area contributed by atoms with E-state index < -0.39 is 49.5 Å². The molecule has 0 radical (unpaired) electrons. The van der Waals surface area contributed by atoms with Crippen LogP contribution in [0.2, 0.25) is 0 Å². The maximum absolute atomic E-state index is 13.0. The Labute approximate surface area is 410 Å². The number of hydrogen-bond acceptors (Lipinski definition) is 8. The highest BCUT2D eigenvalue weighted by Gasteiger charge is 2.44. The zero-order valence-corrected chi connectivity index (χ0v) is 42.9. The molecule has 0 saturated carbocycles. The largest absolute Gasteiger partial charge is 0.394 e. The van der Waals surface area contributed by atoms with Crippen LogP contribution in [0.4, 0.5) is 0 Å². The van der Waals surface area contributed by atoms with Crippen LogP contribution in [0, 0.1) is 0 Å². The van der Waals surface area contributed by atoms with Crippen LogP contribution in [-0.2, 0) is 14.3 Å². The Balaban J connectivity index is 2.24. The molecule has 0 aromatic rings. The predicted molar refractivity (Wildman–Crippen MR) is 281 cm³/mol. The molecule has 0 aromatic heterocycles. The number of amides is 1. The van der Waals surface area contributed by atoms with Gasteiger partial charge in [0.15, 0.2) is 6.29 Å². The number of carbonyl (C=O) groups excluding carboxylic acids is 1. The predicted octanol–water partition coefficient (Wildman–Crippen LogP) is 13.3. The van der Waals surface area contributed by atoms with E-state index in [1.165, 1.54) is 141 Å². The molecule has 1 saturated heterocycles. The van der Waals surface area contributed by atoms with Gasteiger partial charge in [0.2, 0.25) is 5.91 Å². The second kappa shape index (κ2) is 47.3. The molecule has 1 aliphatic heterocycles. The van der Waals surface area contributed by atoms with E-state index in [4.69, 9.17) is 9.47 Å². The SMILES string of the molecule is CC/C=C\C/C=C\C/C=C\C/C=C\C/C=C\CCCCCCCCCCCCCC(=O)NC(COC1OC(CO)C(O)C(O)C1O)C(O)/C=C/CCCCCCCCCCCCCCCCC. The van der Waals surface area contributed by atoms with Crippen LogP contribution in [0.15, 0.2) is 72.9 Å². The van der Waals surface area contributed by atoms with Gasteiger partial charge in [-0.15, -0.1) is 0 Å². The Morgan fingerprint density at radius 3 is 1.37 bits per heavy atom. The Bertz CT molecular complexity index is 1280. The van der Waals surface area contributed by atoms with E-state index >= 15 is 0 Å². The minimum absolute atomic E-state index is 0.182. The summed E-state index contributed by atoms with van der Waals surface area (Å²) in [4.78, 5) is 13.0. The third-order valence-corrected chi connectivity index (χ3v) is 12.8. The van der Waals surface area contributed by atoms with E-state index in [9.17, 15) is 30.3 Å². The molecule has 1 heterocycles. The Morgan fingerprint density at radius 1 is 0.522 bits per heavy atom. The summed E-state index contributed by atoms with van der Waals surface area (Å²) in [6.07, 6.45) is 58.1. The van der Waals surface area contributed by atoms with Crippen LogP contribution in [0.25, 0.3) is 0 Å². The van der Waals surface area contributed by atoms with Gasteiger partial charge in [0, 0.05) is 6.42 Å². The van der Waals surface area contributed by atoms with Crippen molar-refractivity contribution in [3.05, 3.63) is 72.9 Å². The maximum Gasteiger partial charge on any atom is 0.220 e. The number of unbranched alkanes of at least 4 members (excludes halogenated alkanes) is 26. The first kappa shape index (κ1) is 62.6. The van der Waals surface area contributed by atoms with Gasteiger partial charge in [0.1, 0.15) is 24.4 Å². The first-order chi connectivity index (χ1) is 32.8. The first-order valence-electron chi connectivity index (χ1n) is 27.7. The van der Waals surface area contributed by atoms with Crippen molar-refractivity contribution in [1.82, 2.24) is 5.32 Å². The monoisotopic (exact) mass is 942 g/mol. The van der Waals surface area contributed by atoms with Crippen LogP contribution < -0.4 is 5.32 Å². The number of rotatable bonds is 46. The molecule has 0 aliphatic carbocycles. The van der Waals surface area contributed by atoms with Gasteiger partial charge in [0.25, 0.3) is 0 Å². The average Bonchev–Trinajstić information content (AvgIpc) is 3.33. The highest BCUT2D eigenvalue weighted by atomic mass is 16.7. The lowest BCUT2D eigenvalue weighted by Gasteiger charge is -2.40. The number of nitrogens with one attached hydrogen (secondary N) is 1. The number of hydrogen-bond donors (Lipinski definition) is 6. The van der Waals surface area contributed by atoms with Crippen LogP contribution in [0.1, 0.15) is 232 Å². The smallest absolute Gasteiger partial charge is 0.220 e. The lowest BCUT2D eigenvalue weighted by molar-refractivity contribution is -0.302. The van der Waals surface area contributed by atoms with Gasteiger partial charge < -0.3 is 40.3 Å². The van der Waals surface area contributed by atoms with Crippen molar-refractivity contribution in [2.75, 3.05) is 13.2 Å². The molecule has 0 bridgehead atoms. The van der Waals surface area contributed by atoms with Crippen LogP contribution in [-0.4, -0.2) is 87.5 Å². The molecule has 1 fully saturated rings. The minimum Gasteiger partial charge on any atom is -0.394 e. The van der Waals surface area contributed by atoms with Crippen molar-refractivity contribution in [2.45, 2.75) is 275 Å². The summed E-state index contributed by atoms with van der Waals surface area (Å²) in [7, 11) is 0. The Hall–Kier alpha value is -2.37. The van der Waals surface area contributed by atoms with Crippen molar-refractivity contribution < 1.29 is 39.8 Å². The molecule has 1 aliphatic rings. The normalized spacial score (nSPS) is 20.3. The number of carbonyl (C=O) groups is 1. The summed E-state index contributed by atoms with van der Waals surface area (Å²) < 4.78 is 11.3. The molecular formula is C58H103NO8. The molecule has 7 unspecified atom stereocenters. The molecular weight excluding hydrogens is 839 g/mol. The molecule has 1 rings (SSSR count). The van der Waals surface area contributed by atoms with Crippen molar-refractivity contribution in [1.29, 1.82) is 0 Å². The number of aliphatic hydroxyl groups is 5. The van der Waals surface area contributed by atoms with Gasteiger partial charge in [-0.1, -0.05) is 234 Å². The van der Waals surface area contributed by atoms with Gasteiger partial charge in [0.05, 0.1) is 25.4 Å². The van der Waals surface area contributed by atoms with E-state index in [1.807, 2.05) is 6.08 Å². The summed E-state index contributed by atoms with van der Waals surface area (Å²) in [5.41, 5.74) is 0. The Morgan fingerprint density at radius 2 is 0.925 bits per heavy atom. The summed E-state index contributed by atoms with van der Waals surface area (Å²) >= 11 is 0. The summed E-state index contributed by atoms with van der Waals surface area (Å²) in [5.74, 6) is -0.182. The van der Waals surface area contributed by atoms with Crippen LogP contribution in [0.3, 0.4) is 0 Å². The van der Waals surface area contributed by atoms with E-state index in [2.05, 4.69) is 79.9 Å². The van der Waals surface area contributed by atoms with E-state index in [0.29, 0.717) is 6.42 Å². The van der Waals surface area contributed by atoms with E-state index in [0.717, 1.165) is 70.6 Å². The third kappa shape index (κ3) is 37.2. The lowest BCUT2D eigenvalue weighted by Crippen LogP contribution is -2.60. The van der Waals surface area contributed by atoms with Gasteiger partial charge in [-0.3, -0.25) is 4.79 Å². The highest BCUT2D eigenvalue weighted by Crippen LogP contribution is 2.23. The van der Waals surface area contributed by atoms with Gasteiger partial charge in [-0.2, -0.15) is 0 Å². The molecule has 0 aromatic carbocycles. The average molecular weight is 942 g/mol. The van der Waals surface area contributed by atoms with Crippen molar-refractivity contribution in [3.8, 4) is 0 Å². The highest BCUT2D eigenvalue weighted by molar-refractivity contribution is 5.76. The van der Waals surface area contributed by atoms with Crippen LogP contribution in [0.5, 0.6) is 0 Å². The molecule has 1 amide bonds. The fourth-order valence-electron chi connectivity index (χ4n) is 8.42. The zero-order valence-electron chi connectivity index (χ0n) is 42.9. The van der Waals surface area contributed by atoms with Gasteiger partial charge >= 0.3 is 0 Å². The van der Waals surface area contributed by atoms with Crippen molar-refractivity contribution in [2.24, 2.45) is 0 Å². The van der Waals surface area contributed by atoms with Crippen molar-refractivity contribution >= 4 is 5.91 Å². The summed E-state index contributed by atoms with van der Waals surface area (Å²) in [5, 5.41) is 54.5. The number of aliphatic hydroxyl groups excluding tert-OH is 5. The third-order valence-electron chi connectivity index (χ3n) is 12.8. The standard InChI is InChI=1S/C58H103NO8/c1-3-5-7-9-11-13-15-17-19-21-22-23-24-25-26-27-28-29-30-32-34-36-38-40-42-44-46-48-54(62)59-51(50-66-58-57(65)56(64)55(63)53(49-60)67-58)52(61)47-45-43-41-39-37-35-33-31-20-18-16-14-12-10-8-6-4-2/h5,7,11,13,17,19,22-23,25-26,45,47,51-53,55-58,60-61,63-65H,3-4,6,8-10,12,14-16,18,20-21,24,27-44,46,48-50H2,1-2H3,(H,59,62)/b7-5-,13-11-,19-17-,23-22-,26-25-,47-45+. The molecule has 9 heteroatoms. The fraction of sp³-hybridized carbons (Fsp3) is 0.776. The molecule has 6 N–H and O–H groups in total. The zero-order chi connectivity index (χ0) is 48.7. The van der Waals surface area contributed by atoms with Crippen molar-refractivity contribution in [3.63, 3.8) is 0 Å². The molecule has 67 heavy (non-hydrogen) atoms. The minimum atomic E-state index is -1.57. The molecule has 0 spiro atoms. The Kier molecular flexibility index (Phi) is 44.2. The second-order valence-corrected chi connectivity index (χ2v) is 19.0. The topological polar surface area (TPSA) is 149 Å².